The van der Waals surface area contributed by atoms with E-state index in [0.29, 0.717) is 11.6 Å². The molecule has 0 fully saturated rings. The van der Waals surface area contributed by atoms with Crippen molar-refractivity contribution in [1.82, 2.24) is 15.0 Å². The third kappa shape index (κ3) is 3.41. The van der Waals surface area contributed by atoms with Gasteiger partial charge in [-0.3, -0.25) is 4.79 Å². The molecule has 0 aliphatic rings. The number of hydrogen-bond acceptors (Lipinski definition) is 3. The molecule has 0 amide bonds. The molecule has 2 aromatic rings. The van der Waals surface area contributed by atoms with Crippen LogP contribution >= 0.6 is 0 Å². The maximum atomic E-state index is 11.0. The minimum Gasteiger partial charge on any atom is -0.296 e. The molecule has 0 saturated carbocycles. The lowest BCUT2D eigenvalue weighted by atomic mass is 10.1. The molecule has 1 aromatic carbocycles. The van der Waals surface area contributed by atoms with Crippen LogP contribution in [0, 0.1) is 12.8 Å². The largest absolute Gasteiger partial charge is 0.296 e. The summed E-state index contributed by atoms with van der Waals surface area (Å²) in [5, 5.41) is 7.95. The van der Waals surface area contributed by atoms with Crippen LogP contribution in [-0.4, -0.2) is 21.3 Å². The summed E-state index contributed by atoms with van der Waals surface area (Å²) in [7, 11) is 0. The summed E-state index contributed by atoms with van der Waals surface area (Å²) in [5.74, 6) is 0.447. The standard InChI is InChI=1S/C16H19N3O/c1-12(2)10-19-16(15(11-20)17-18-19)9-8-14-6-4-13(3)5-7-14/h4-9,11-12H,10H2,1-3H3/b9-8+. The first-order valence-corrected chi connectivity index (χ1v) is 6.73. The average molecular weight is 269 g/mol. The zero-order valence-electron chi connectivity index (χ0n) is 12.1. The number of aldehydes is 1. The van der Waals surface area contributed by atoms with Crippen molar-refractivity contribution in [1.29, 1.82) is 0 Å². The lowest BCUT2D eigenvalue weighted by Gasteiger charge is -2.06. The number of aryl methyl sites for hydroxylation is 1. The molecule has 0 aliphatic heterocycles. The maximum absolute atomic E-state index is 11.0. The average Bonchev–Trinajstić information content (AvgIpc) is 2.79. The molecule has 4 heteroatoms. The van der Waals surface area contributed by atoms with Crippen LogP contribution in [0.4, 0.5) is 0 Å². The number of nitrogens with zero attached hydrogens (tertiary/aromatic N) is 3. The van der Waals surface area contributed by atoms with Crippen LogP contribution < -0.4 is 0 Å². The van der Waals surface area contributed by atoms with Gasteiger partial charge in [-0.2, -0.15) is 0 Å². The molecule has 1 heterocycles. The van der Waals surface area contributed by atoms with Gasteiger partial charge in [0.1, 0.15) is 0 Å². The predicted octanol–water partition coefficient (Wildman–Crippen LogP) is 3.23. The molecule has 20 heavy (non-hydrogen) atoms. The van der Waals surface area contributed by atoms with Gasteiger partial charge in [0.15, 0.2) is 12.0 Å². The third-order valence-corrected chi connectivity index (χ3v) is 2.96. The number of rotatable bonds is 5. The van der Waals surface area contributed by atoms with Crippen molar-refractivity contribution >= 4 is 18.4 Å². The molecule has 0 aliphatic carbocycles. The fourth-order valence-corrected chi connectivity index (χ4v) is 1.92. The van der Waals surface area contributed by atoms with Gasteiger partial charge in [-0.05, 0) is 24.5 Å². The molecule has 0 saturated heterocycles. The molecule has 4 nitrogen and oxygen atoms in total. The molecule has 0 N–H and O–H groups in total. The molecule has 0 atom stereocenters. The van der Waals surface area contributed by atoms with Gasteiger partial charge < -0.3 is 0 Å². The quantitative estimate of drug-likeness (QED) is 0.783. The first-order chi connectivity index (χ1) is 9.60. The summed E-state index contributed by atoms with van der Waals surface area (Å²) in [6.45, 7) is 7.01. The lowest BCUT2D eigenvalue weighted by molar-refractivity contribution is 0.111. The summed E-state index contributed by atoms with van der Waals surface area (Å²) in [6, 6.07) is 8.21. The Morgan fingerprint density at radius 2 is 1.90 bits per heavy atom. The number of benzene rings is 1. The van der Waals surface area contributed by atoms with E-state index in [1.54, 1.807) is 4.68 Å². The molecule has 1 aromatic heterocycles. The zero-order valence-corrected chi connectivity index (χ0v) is 12.1. The van der Waals surface area contributed by atoms with Gasteiger partial charge in [0.25, 0.3) is 0 Å². The highest BCUT2D eigenvalue weighted by Gasteiger charge is 2.10. The summed E-state index contributed by atoms with van der Waals surface area (Å²) >= 11 is 0. The molecule has 0 bridgehead atoms. The van der Waals surface area contributed by atoms with Crippen LogP contribution in [0.5, 0.6) is 0 Å². The van der Waals surface area contributed by atoms with Crippen molar-refractivity contribution in [2.24, 2.45) is 5.92 Å². The Labute approximate surface area is 119 Å². The van der Waals surface area contributed by atoms with E-state index in [9.17, 15) is 4.79 Å². The van der Waals surface area contributed by atoms with Gasteiger partial charge in [0, 0.05) is 6.54 Å². The van der Waals surface area contributed by atoms with E-state index in [4.69, 9.17) is 0 Å². The van der Waals surface area contributed by atoms with Gasteiger partial charge in [0.2, 0.25) is 0 Å². The van der Waals surface area contributed by atoms with E-state index >= 15 is 0 Å². The van der Waals surface area contributed by atoms with Gasteiger partial charge in [-0.15, -0.1) is 5.10 Å². The second-order valence-electron chi connectivity index (χ2n) is 5.30. The molecule has 2 rings (SSSR count). The van der Waals surface area contributed by atoms with Crippen molar-refractivity contribution in [3.05, 3.63) is 46.8 Å². The van der Waals surface area contributed by atoms with E-state index in [0.717, 1.165) is 24.1 Å². The summed E-state index contributed by atoms with van der Waals surface area (Å²) in [5.41, 5.74) is 3.45. The Kier molecular flexibility index (Phi) is 4.45. The van der Waals surface area contributed by atoms with Crippen molar-refractivity contribution in [3.8, 4) is 0 Å². The van der Waals surface area contributed by atoms with Crippen LogP contribution in [0.2, 0.25) is 0 Å². The van der Waals surface area contributed by atoms with Gasteiger partial charge in [0.05, 0.1) is 5.69 Å². The molecule has 0 spiro atoms. The first-order valence-electron chi connectivity index (χ1n) is 6.73. The highest BCUT2D eigenvalue weighted by atomic mass is 16.1. The Hall–Kier alpha value is -2.23. The second-order valence-corrected chi connectivity index (χ2v) is 5.30. The zero-order chi connectivity index (χ0) is 14.5. The van der Waals surface area contributed by atoms with Crippen molar-refractivity contribution in [2.75, 3.05) is 0 Å². The predicted molar refractivity (Wildman–Crippen MR) is 80.4 cm³/mol. The summed E-state index contributed by atoms with van der Waals surface area (Å²) < 4.78 is 1.78. The Balaban J connectivity index is 2.29. The van der Waals surface area contributed by atoms with Crippen LogP contribution in [0.1, 0.15) is 41.2 Å². The minimum absolute atomic E-state index is 0.383. The first kappa shape index (κ1) is 14.2. The van der Waals surface area contributed by atoms with Gasteiger partial charge in [-0.25, -0.2) is 4.68 Å². The molecule has 0 unspecified atom stereocenters. The van der Waals surface area contributed by atoms with E-state index in [-0.39, 0.29) is 0 Å². The van der Waals surface area contributed by atoms with E-state index in [1.807, 2.05) is 24.3 Å². The summed E-state index contributed by atoms with van der Waals surface area (Å²) in [6.07, 6.45) is 4.62. The topological polar surface area (TPSA) is 47.8 Å². The number of aromatic nitrogens is 3. The fourth-order valence-electron chi connectivity index (χ4n) is 1.92. The van der Waals surface area contributed by atoms with E-state index in [1.165, 1.54) is 5.56 Å². The third-order valence-electron chi connectivity index (χ3n) is 2.96. The van der Waals surface area contributed by atoms with Crippen molar-refractivity contribution in [2.45, 2.75) is 27.3 Å². The van der Waals surface area contributed by atoms with Gasteiger partial charge >= 0.3 is 0 Å². The number of carbonyl (C=O) groups excluding carboxylic acids is 1. The molecule has 0 radical (unpaired) electrons. The summed E-state index contributed by atoms with van der Waals surface area (Å²) in [4.78, 5) is 11.0. The van der Waals surface area contributed by atoms with Crippen molar-refractivity contribution in [3.63, 3.8) is 0 Å². The molecule has 104 valence electrons. The fraction of sp³-hybridized carbons (Fsp3) is 0.312. The number of hydrogen-bond donors (Lipinski definition) is 0. The normalized spacial score (nSPS) is 11.4. The Bertz CT molecular complexity index is 609. The lowest BCUT2D eigenvalue weighted by Crippen LogP contribution is -2.08. The van der Waals surface area contributed by atoms with Crippen LogP contribution in [0.25, 0.3) is 12.2 Å². The van der Waals surface area contributed by atoms with E-state index in [2.05, 4.69) is 43.2 Å². The second kappa shape index (κ2) is 6.28. The van der Waals surface area contributed by atoms with Crippen LogP contribution in [0.3, 0.4) is 0 Å². The Morgan fingerprint density at radius 1 is 1.20 bits per heavy atom. The van der Waals surface area contributed by atoms with Crippen LogP contribution in [-0.2, 0) is 6.54 Å². The Morgan fingerprint density at radius 3 is 2.50 bits per heavy atom. The number of carbonyl (C=O) groups is 1. The van der Waals surface area contributed by atoms with Gasteiger partial charge in [-0.1, -0.05) is 55.0 Å². The van der Waals surface area contributed by atoms with Crippen molar-refractivity contribution < 1.29 is 4.79 Å². The highest BCUT2D eigenvalue weighted by molar-refractivity contribution is 5.81. The maximum Gasteiger partial charge on any atom is 0.172 e. The van der Waals surface area contributed by atoms with E-state index < -0.39 is 0 Å². The SMILES string of the molecule is Cc1ccc(/C=C/c2c(C=O)nnn2CC(C)C)cc1. The highest BCUT2D eigenvalue weighted by Crippen LogP contribution is 2.12. The molecular weight excluding hydrogens is 250 g/mol. The van der Waals surface area contributed by atoms with Crippen LogP contribution in [0.15, 0.2) is 24.3 Å². The monoisotopic (exact) mass is 269 g/mol. The smallest absolute Gasteiger partial charge is 0.172 e. The minimum atomic E-state index is 0.383. The molecular formula is C16H19N3O.